The van der Waals surface area contributed by atoms with Crippen LogP contribution in [0.2, 0.25) is 0 Å². The van der Waals surface area contributed by atoms with E-state index in [0.29, 0.717) is 4.83 Å². The van der Waals surface area contributed by atoms with Crippen molar-refractivity contribution in [2.75, 3.05) is 0 Å². The number of hydrogen-bond acceptors (Lipinski definition) is 1. The minimum Gasteiger partial charge on any atom is -0.265 e. The topological polar surface area (TPSA) is 12.9 Å². The van der Waals surface area contributed by atoms with Crippen LogP contribution >= 0.6 is 15.9 Å². The number of rotatable bonds is 5. The Bertz CT molecular complexity index is 246. The molecule has 0 spiro atoms. The molecule has 0 fully saturated rings. The number of hydrogen-bond donors (Lipinski definition) is 0. The van der Waals surface area contributed by atoms with Crippen LogP contribution in [0.1, 0.15) is 32.3 Å². The van der Waals surface area contributed by atoms with E-state index in [9.17, 15) is 0 Å². The van der Waals surface area contributed by atoms with E-state index in [0.717, 1.165) is 12.3 Å². The van der Waals surface area contributed by atoms with Crippen LogP contribution in [-0.4, -0.2) is 9.81 Å². The van der Waals surface area contributed by atoms with Crippen molar-refractivity contribution >= 4 is 15.9 Å². The molecule has 0 N–H and O–H groups in total. The lowest BCUT2D eigenvalue weighted by molar-refractivity contribution is 0.562. The van der Waals surface area contributed by atoms with E-state index in [2.05, 4.69) is 46.9 Å². The van der Waals surface area contributed by atoms with E-state index in [1.807, 2.05) is 12.4 Å². The lowest BCUT2D eigenvalue weighted by atomic mass is 10.0. The van der Waals surface area contributed by atoms with E-state index in [1.165, 1.54) is 18.4 Å². The molecule has 0 aliphatic carbocycles. The van der Waals surface area contributed by atoms with Crippen molar-refractivity contribution in [2.24, 2.45) is 5.92 Å². The first-order valence-electron chi connectivity index (χ1n) is 5.23. The highest BCUT2D eigenvalue weighted by Crippen LogP contribution is 2.18. The molecule has 1 aromatic heterocycles. The molecule has 1 atom stereocenters. The molecule has 0 radical (unpaired) electrons. The zero-order chi connectivity index (χ0) is 10.4. The minimum atomic E-state index is 0.657. The van der Waals surface area contributed by atoms with Crippen LogP contribution in [0.15, 0.2) is 24.5 Å². The average molecular weight is 256 g/mol. The molecule has 1 aromatic rings. The second kappa shape index (κ2) is 6.18. The Labute approximate surface area is 95.1 Å². The molecule has 1 heterocycles. The van der Waals surface area contributed by atoms with Gasteiger partial charge < -0.3 is 0 Å². The Balaban J connectivity index is 2.22. The lowest BCUT2D eigenvalue weighted by Crippen LogP contribution is -2.07. The Morgan fingerprint density at radius 2 is 1.93 bits per heavy atom. The smallest absolute Gasteiger partial charge is 0.0270 e. The Morgan fingerprint density at radius 1 is 1.29 bits per heavy atom. The van der Waals surface area contributed by atoms with Crippen LogP contribution in [0.5, 0.6) is 0 Å². The molecule has 0 saturated carbocycles. The van der Waals surface area contributed by atoms with Gasteiger partial charge in [-0.3, -0.25) is 4.98 Å². The first kappa shape index (κ1) is 11.7. The summed E-state index contributed by atoms with van der Waals surface area (Å²) in [5, 5.41) is 0. The van der Waals surface area contributed by atoms with Crippen molar-refractivity contribution < 1.29 is 0 Å². The summed E-state index contributed by atoms with van der Waals surface area (Å²) in [6.45, 7) is 4.51. The van der Waals surface area contributed by atoms with Crippen LogP contribution in [0.25, 0.3) is 0 Å². The fourth-order valence-electron chi connectivity index (χ4n) is 1.38. The lowest BCUT2D eigenvalue weighted by Gasteiger charge is -2.12. The highest BCUT2D eigenvalue weighted by molar-refractivity contribution is 9.09. The van der Waals surface area contributed by atoms with Gasteiger partial charge >= 0.3 is 0 Å². The molecular weight excluding hydrogens is 238 g/mol. The molecule has 1 rings (SSSR count). The first-order valence-corrected chi connectivity index (χ1v) is 6.14. The van der Waals surface area contributed by atoms with Crippen LogP contribution < -0.4 is 0 Å². The van der Waals surface area contributed by atoms with Gasteiger partial charge in [-0.15, -0.1) is 0 Å². The summed E-state index contributed by atoms with van der Waals surface area (Å²) >= 11 is 3.70. The number of nitrogens with zero attached hydrogens (tertiary/aromatic N) is 1. The largest absolute Gasteiger partial charge is 0.265 e. The molecule has 0 aliphatic rings. The maximum absolute atomic E-state index is 4.01. The SMILES string of the molecule is CC(C)C(Br)CCCc1ccncc1. The normalized spacial score (nSPS) is 13.1. The molecule has 1 unspecified atom stereocenters. The van der Waals surface area contributed by atoms with Gasteiger partial charge in [0.15, 0.2) is 0 Å². The maximum Gasteiger partial charge on any atom is 0.0270 e. The van der Waals surface area contributed by atoms with Crippen LogP contribution in [-0.2, 0) is 6.42 Å². The second-order valence-corrected chi connectivity index (χ2v) is 5.18. The predicted molar refractivity (Wildman–Crippen MR) is 64.7 cm³/mol. The van der Waals surface area contributed by atoms with Crippen LogP contribution in [0, 0.1) is 5.92 Å². The van der Waals surface area contributed by atoms with Crippen molar-refractivity contribution in [3.8, 4) is 0 Å². The number of halogens is 1. The summed E-state index contributed by atoms with van der Waals surface area (Å²) in [7, 11) is 0. The Hall–Kier alpha value is -0.370. The van der Waals surface area contributed by atoms with Gasteiger partial charge in [0.2, 0.25) is 0 Å². The van der Waals surface area contributed by atoms with Gasteiger partial charge in [-0.2, -0.15) is 0 Å². The molecule has 78 valence electrons. The van der Waals surface area contributed by atoms with Gasteiger partial charge in [0, 0.05) is 17.2 Å². The van der Waals surface area contributed by atoms with Gasteiger partial charge in [0.1, 0.15) is 0 Å². The van der Waals surface area contributed by atoms with E-state index < -0.39 is 0 Å². The van der Waals surface area contributed by atoms with E-state index in [1.54, 1.807) is 0 Å². The summed E-state index contributed by atoms with van der Waals surface area (Å²) in [5.74, 6) is 0.729. The van der Waals surface area contributed by atoms with Gasteiger partial charge in [0.05, 0.1) is 0 Å². The zero-order valence-electron chi connectivity index (χ0n) is 8.91. The second-order valence-electron chi connectivity index (χ2n) is 4.01. The van der Waals surface area contributed by atoms with Gasteiger partial charge in [-0.25, -0.2) is 0 Å². The summed E-state index contributed by atoms with van der Waals surface area (Å²) < 4.78 is 0. The molecule has 0 amide bonds. The molecule has 1 nitrogen and oxygen atoms in total. The molecule has 0 aliphatic heterocycles. The molecule has 0 bridgehead atoms. The van der Waals surface area contributed by atoms with Crippen LogP contribution in [0.4, 0.5) is 0 Å². The van der Waals surface area contributed by atoms with Crippen molar-refractivity contribution in [3.63, 3.8) is 0 Å². The summed E-state index contributed by atoms with van der Waals surface area (Å²) in [6, 6.07) is 4.19. The number of aromatic nitrogens is 1. The van der Waals surface area contributed by atoms with Crippen molar-refractivity contribution in [2.45, 2.75) is 37.9 Å². The number of aryl methyl sites for hydroxylation is 1. The van der Waals surface area contributed by atoms with Gasteiger partial charge in [0.25, 0.3) is 0 Å². The minimum absolute atomic E-state index is 0.657. The quantitative estimate of drug-likeness (QED) is 0.730. The van der Waals surface area contributed by atoms with Crippen LogP contribution in [0.3, 0.4) is 0 Å². The molecule has 14 heavy (non-hydrogen) atoms. The Kier molecular flexibility index (Phi) is 5.16. The monoisotopic (exact) mass is 255 g/mol. The fraction of sp³-hybridized carbons (Fsp3) is 0.583. The number of alkyl halides is 1. The maximum atomic E-state index is 4.01. The highest BCUT2D eigenvalue weighted by Gasteiger charge is 2.07. The summed E-state index contributed by atoms with van der Waals surface area (Å²) in [4.78, 5) is 4.66. The molecule has 2 heteroatoms. The summed E-state index contributed by atoms with van der Waals surface area (Å²) in [5.41, 5.74) is 1.39. The molecule has 0 saturated heterocycles. The predicted octanol–water partition coefficient (Wildman–Crippen LogP) is 3.82. The van der Waals surface area contributed by atoms with E-state index >= 15 is 0 Å². The van der Waals surface area contributed by atoms with Gasteiger partial charge in [-0.05, 0) is 42.9 Å². The zero-order valence-corrected chi connectivity index (χ0v) is 10.5. The van der Waals surface area contributed by atoms with Crippen molar-refractivity contribution in [3.05, 3.63) is 30.1 Å². The third-order valence-corrected chi connectivity index (χ3v) is 3.93. The van der Waals surface area contributed by atoms with Crippen molar-refractivity contribution in [1.29, 1.82) is 0 Å². The standard InChI is InChI=1S/C12H18BrN/c1-10(2)12(13)5-3-4-11-6-8-14-9-7-11/h6-10,12H,3-5H2,1-2H3. The van der Waals surface area contributed by atoms with E-state index in [-0.39, 0.29) is 0 Å². The molecule has 0 aromatic carbocycles. The van der Waals surface area contributed by atoms with Gasteiger partial charge in [-0.1, -0.05) is 29.8 Å². The Morgan fingerprint density at radius 3 is 2.50 bits per heavy atom. The van der Waals surface area contributed by atoms with Crippen molar-refractivity contribution in [1.82, 2.24) is 4.98 Å². The highest BCUT2D eigenvalue weighted by atomic mass is 79.9. The molecular formula is C12H18BrN. The fourth-order valence-corrected chi connectivity index (χ4v) is 1.71. The van der Waals surface area contributed by atoms with E-state index in [4.69, 9.17) is 0 Å². The number of pyridine rings is 1. The summed E-state index contributed by atoms with van der Waals surface area (Å²) in [6.07, 6.45) is 7.39. The first-order chi connectivity index (χ1) is 6.70. The third kappa shape index (κ3) is 4.23. The third-order valence-electron chi connectivity index (χ3n) is 2.42. The average Bonchev–Trinajstić information content (AvgIpc) is 2.19.